The Bertz CT molecular complexity index is 877. The third kappa shape index (κ3) is 4.51. The van der Waals surface area contributed by atoms with Crippen LogP contribution in [0.25, 0.3) is 0 Å². The Morgan fingerprint density at radius 3 is 2.20 bits per heavy atom. The zero-order valence-electron chi connectivity index (χ0n) is 13.3. The van der Waals surface area contributed by atoms with Crippen molar-refractivity contribution >= 4 is 23.5 Å². The van der Waals surface area contributed by atoms with Crippen LogP contribution in [0.5, 0.6) is 0 Å². The van der Waals surface area contributed by atoms with Gasteiger partial charge < -0.3 is 5.32 Å². The van der Waals surface area contributed by atoms with Gasteiger partial charge in [0.05, 0.1) is 11.8 Å². The average molecular weight is 333 g/mol. The molecule has 3 aromatic rings. The Morgan fingerprint density at radius 1 is 0.840 bits per heavy atom. The third-order valence-corrected chi connectivity index (χ3v) is 3.47. The van der Waals surface area contributed by atoms with Gasteiger partial charge in [-0.1, -0.05) is 42.5 Å². The standard InChI is InChI=1S/C20H16FN3O/c21-19-9-5-4-8-18(19)20(25)24-22-14-15-10-12-17(13-11-15)23-16-6-2-1-3-7-16/h1-14,23H,(H,24,25)/b22-14-. The van der Waals surface area contributed by atoms with Crippen LogP contribution in [-0.2, 0) is 0 Å². The molecule has 0 atom stereocenters. The minimum atomic E-state index is -0.586. The molecule has 0 unspecified atom stereocenters. The number of carbonyl (C=O) groups is 1. The monoisotopic (exact) mass is 333 g/mol. The third-order valence-electron chi connectivity index (χ3n) is 3.47. The number of carbonyl (C=O) groups excluding carboxylic acids is 1. The second-order valence-electron chi connectivity index (χ2n) is 5.29. The summed E-state index contributed by atoms with van der Waals surface area (Å²) >= 11 is 0. The van der Waals surface area contributed by atoms with Crippen molar-refractivity contribution in [2.75, 3.05) is 5.32 Å². The van der Waals surface area contributed by atoms with Crippen LogP contribution < -0.4 is 10.7 Å². The molecule has 5 heteroatoms. The zero-order valence-corrected chi connectivity index (χ0v) is 13.3. The number of hydrogen-bond donors (Lipinski definition) is 2. The molecule has 0 bridgehead atoms. The van der Waals surface area contributed by atoms with Crippen molar-refractivity contribution in [3.8, 4) is 0 Å². The zero-order chi connectivity index (χ0) is 17.5. The highest BCUT2D eigenvalue weighted by Crippen LogP contribution is 2.16. The molecule has 0 aromatic heterocycles. The number of amides is 1. The summed E-state index contributed by atoms with van der Waals surface area (Å²) in [5.74, 6) is -1.16. The lowest BCUT2D eigenvalue weighted by atomic mass is 10.2. The molecule has 124 valence electrons. The van der Waals surface area contributed by atoms with Gasteiger partial charge in [0.2, 0.25) is 0 Å². The molecule has 0 aliphatic rings. The van der Waals surface area contributed by atoms with Gasteiger partial charge in [-0.15, -0.1) is 0 Å². The van der Waals surface area contributed by atoms with E-state index in [1.54, 1.807) is 6.07 Å². The van der Waals surface area contributed by atoms with E-state index in [9.17, 15) is 9.18 Å². The van der Waals surface area contributed by atoms with Crippen LogP contribution in [0.3, 0.4) is 0 Å². The Labute approximate surface area is 145 Å². The minimum Gasteiger partial charge on any atom is -0.356 e. The van der Waals surface area contributed by atoms with E-state index < -0.39 is 11.7 Å². The molecule has 0 aliphatic carbocycles. The normalized spacial score (nSPS) is 10.6. The van der Waals surface area contributed by atoms with Gasteiger partial charge in [0, 0.05) is 11.4 Å². The maximum Gasteiger partial charge on any atom is 0.274 e. The lowest BCUT2D eigenvalue weighted by molar-refractivity contribution is 0.0951. The molecule has 0 heterocycles. The fourth-order valence-corrected chi connectivity index (χ4v) is 2.21. The van der Waals surface area contributed by atoms with Crippen molar-refractivity contribution in [3.05, 3.63) is 95.8 Å². The van der Waals surface area contributed by atoms with Crippen molar-refractivity contribution in [2.24, 2.45) is 5.10 Å². The summed E-state index contributed by atoms with van der Waals surface area (Å²) in [6.07, 6.45) is 1.51. The number of benzene rings is 3. The van der Waals surface area contributed by atoms with Gasteiger partial charge in [-0.3, -0.25) is 4.79 Å². The van der Waals surface area contributed by atoms with Crippen LogP contribution in [0.1, 0.15) is 15.9 Å². The van der Waals surface area contributed by atoms with E-state index in [1.165, 1.54) is 24.4 Å². The number of hydrazone groups is 1. The molecule has 0 spiro atoms. The molecule has 0 saturated carbocycles. The summed E-state index contributed by atoms with van der Waals surface area (Å²) in [6, 6.07) is 23.2. The molecular formula is C20H16FN3O. The highest BCUT2D eigenvalue weighted by Gasteiger charge is 2.08. The van der Waals surface area contributed by atoms with Gasteiger partial charge in [0.15, 0.2) is 0 Å². The molecule has 0 fully saturated rings. The quantitative estimate of drug-likeness (QED) is 0.539. The molecule has 25 heavy (non-hydrogen) atoms. The fourth-order valence-electron chi connectivity index (χ4n) is 2.21. The lowest BCUT2D eigenvalue weighted by Crippen LogP contribution is -2.18. The van der Waals surface area contributed by atoms with Crippen molar-refractivity contribution in [1.29, 1.82) is 0 Å². The van der Waals surface area contributed by atoms with Crippen molar-refractivity contribution in [3.63, 3.8) is 0 Å². The number of rotatable bonds is 5. The van der Waals surface area contributed by atoms with Crippen LogP contribution in [0.2, 0.25) is 0 Å². The number of nitrogens with one attached hydrogen (secondary N) is 2. The first-order valence-electron chi connectivity index (χ1n) is 7.72. The highest BCUT2D eigenvalue weighted by molar-refractivity contribution is 5.95. The Kier molecular flexibility index (Phi) is 5.16. The molecule has 2 N–H and O–H groups in total. The molecule has 0 radical (unpaired) electrons. The van der Waals surface area contributed by atoms with Crippen LogP contribution in [0.4, 0.5) is 15.8 Å². The first-order chi connectivity index (χ1) is 12.2. The predicted octanol–water partition coefficient (Wildman–Crippen LogP) is 4.33. The summed E-state index contributed by atoms with van der Waals surface area (Å²) in [5, 5.41) is 7.14. The van der Waals surface area contributed by atoms with Gasteiger partial charge in [0.1, 0.15) is 5.82 Å². The van der Waals surface area contributed by atoms with Gasteiger partial charge in [0.25, 0.3) is 5.91 Å². The Hall–Kier alpha value is -3.47. The van der Waals surface area contributed by atoms with Crippen LogP contribution in [0.15, 0.2) is 84.0 Å². The molecule has 3 aromatic carbocycles. The topological polar surface area (TPSA) is 53.5 Å². The summed E-state index contributed by atoms with van der Waals surface area (Å²) < 4.78 is 13.5. The Morgan fingerprint density at radius 2 is 1.48 bits per heavy atom. The summed E-state index contributed by atoms with van der Waals surface area (Å²) in [7, 11) is 0. The minimum absolute atomic E-state index is 0.0398. The van der Waals surface area contributed by atoms with E-state index in [-0.39, 0.29) is 5.56 Å². The largest absolute Gasteiger partial charge is 0.356 e. The fraction of sp³-hybridized carbons (Fsp3) is 0. The van der Waals surface area contributed by atoms with Crippen molar-refractivity contribution in [2.45, 2.75) is 0 Å². The van der Waals surface area contributed by atoms with Gasteiger partial charge >= 0.3 is 0 Å². The number of hydrogen-bond acceptors (Lipinski definition) is 3. The molecule has 4 nitrogen and oxygen atoms in total. The van der Waals surface area contributed by atoms with E-state index in [0.29, 0.717) is 0 Å². The van der Waals surface area contributed by atoms with Gasteiger partial charge in [-0.25, -0.2) is 9.82 Å². The van der Waals surface area contributed by atoms with Crippen molar-refractivity contribution < 1.29 is 9.18 Å². The van der Waals surface area contributed by atoms with E-state index in [0.717, 1.165) is 16.9 Å². The number of anilines is 2. The smallest absolute Gasteiger partial charge is 0.274 e. The molecule has 0 aliphatic heterocycles. The van der Waals surface area contributed by atoms with Crippen LogP contribution in [-0.4, -0.2) is 12.1 Å². The molecule has 0 saturated heterocycles. The van der Waals surface area contributed by atoms with Crippen molar-refractivity contribution in [1.82, 2.24) is 5.43 Å². The van der Waals surface area contributed by atoms with Gasteiger partial charge in [-0.2, -0.15) is 5.10 Å². The summed E-state index contributed by atoms with van der Waals surface area (Å²) in [4.78, 5) is 11.8. The summed E-state index contributed by atoms with van der Waals surface area (Å²) in [6.45, 7) is 0. The summed E-state index contributed by atoms with van der Waals surface area (Å²) in [5.41, 5.74) is 5.03. The van der Waals surface area contributed by atoms with Crippen LogP contribution >= 0.6 is 0 Å². The van der Waals surface area contributed by atoms with E-state index >= 15 is 0 Å². The maximum atomic E-state index is 13.5. The number of para-hydroxylation sites is 1. The Balaban J connectivity index is 1.59. The highest BCUT2D eigenvalue weighted by atomic mass is 19.1. The van der Waals surface area contributed by atoms with Crippen LogP contribution in [0, 0.1) is 5.82 Å². The first-order valence-corrected chi connectivity index (χ1v) is 7.72. The lowest BCUT2D eigenvalue weighted by Gasteiger charge is -2.06. The van der Waals surface area contributed by atoms with Gasteiger partial charge in [-0.05, 0) is 42.0 Å². The van der Waals surface area contributed by atoms with E-state index in [2.05, 4.69) is 15.8 Å². The first kappa shape index (κ1) is 16.4. The van der Waals surface area contributed by atoms with E-state index in [4.69, 9.17) is 0 Å². The molecule has 3 rings (SSSR count). The average Bonchev–Trinajstić information content (AvgIpc) is 2.64. The SMILES string of the molecule is O=C(N/N=C\c1ccc(Nc2ccccc2)cc1)c1ccccc1F. The maximum absolute atomic E-state index is 13.5. The molecule has 1 amide bonds. The van der Waals surface area contributed by atoms with E-state index in [1.807, 2.05) is 54.6 Å². The number of nitrogens with zero attached hydrogens (tertiary/aromatic N) is 1. The molecular weight excluding hydrogens is 317 g/mol. The number of halogens is 1. The second kappa shape index (κ2) is 7.88. The second-order valence-corrected chi connectivity index (χ2v) is 5.29. The predicted molar refractivity (Wildman–Crippen MR) is 97.6 cm³/mol.